The van der Waals surface area contributed by atoms with Gasteiger partial charge in [-0.1, -0.05) is 65.8 Å². The van der Waals surface area contributed by atoms with Crippen LogP contribution >= 0.6 is 0 Å². The van der Waals surface area contributed by atoms with Gasteiger partial charge in [0, 0.05) is 38.9 Å². The summed E-state index contributed by atoms with van der Waals surface area (Å²) in [7, 11) is 0. The molecule has 5 heteroatoms. The first-order chi connectivity index (χ1) is 15.6. The lowest BCUT2D eigenvalue weighted by atomic mass is 9.93. The molecule has 0 atom stereocenters. The van der Waals surface area contributed by atoms with Crippen LogP contribution in [0.2, 0.25) is 0 Å². The minimum absolute atomic E-state index is 0.182. The highest BCUT2D eigenvalue weighted by Gasteiger charge is 2.25. The number of rotatable bonds is 2. The Kier molecular flexibility index (Phi) is 4.82. The summed E-state index contributed by atoms with van der Waals surface area (Å²) in [5.41, 5.74) is 4.07. The van der Waals surface area contributed by atoms with Gasteiger partial charge >= 0.3 is 0 Å². The number of aromatic nitrogens is 4. The molecule has 0 fully saturated rings. The van der Waals surface area contributed by atoms with Gasteiger partial charge < -0.3 is 4.42 Å². The average Bonchev–Trinajstić information content (AvgIpc) is 3.16. The van der Waals surface area contributed by atoms with E-state index in [0.29, 0.717) is 5.82 Å². The van der Waals surface area contributed by atoms with Gasteiger partial charge in [0.2, 0.25) is 0 Å². The summed E-state index contributed by atoms with van der Waals surface area (Å²) in [4.78, 5) is 19.0. The molecule has 3 heterocycles. The summed E-state index contributed by atoms with van der Waals surface area (Å²) < 4.78 is 6.38. The van der Waals surface area contributed by atoms with Crippen LogP contribution in [-0.2, 0) is 10.8 Å². The third-order valence-corrected chi connectivity index (χ3v) is 5.67. The minimum Gasteiger partial charge on any atom is -0.455 e. The van der Waals surface area contributed by atoms with E-state index in [4.69, 9.17) is 19.4 Å². The lowest BCUT2D eigenvalue weighted by molar-refractivity contribution is 0.497. The lowest BCUT2D eigenvalue weighted by Crippen LogP contribution is -2.24. The summed E-state index contributed by atoms with van der Waals surface area (Å²) >= 11 is 0. The van der Waals surface area contributed by atoms with Crippen LogP contribution in [0, 0.1) is 0 Å². The van der Waals surface area contributed by atoms with Gasteiger partial charge in [-0.2, -0.15) is 0 Å². The van der Waals surface area contributed by atoms with Crippen molar-refractivity contribution in [1.29, 1.82) is 0 Å². The number of benzene rings is 2. The molecule has 0 bridgehead atoms. The Morgan fingerprint density at radius 3 is 2.06 bits per heavy atom. The molecule has 5 nitrogen and oxygen atoms in total. The highest BCUT2D eigenvalue weighted by atomic mass is 16.3. The topological polar surface area (TPSA) is 64.7 Å². The molecule has 2 aromatic carbocycles. The van der Waals surface area contributed by atoms with E-state index in [1.165, 1.54) is 0 Å². The van der Waals surface area contributed by atoms with Crippen LogP contribution in [-0.4, -0.2) is 19.9 Å². The summed E-state index contributed by atoms with van der Waals surface area (Å²) in [5, 5.41) is 2.13. The number of hydrogen-bond acceptors (Lipinski definition) is 5. The normalized spacial score (nSPS) is 12.5. The molecule has 0 N–H and O–H groups in total. The smallest absolute Gasteiger partial charge is 0.163 e. The zero-order chi connectivity index (χ0) is 23.4. The fraction of sp³-hybridized carbons (Fsp3) is 0.286. The molecule has 0 aliphatic heterocycles. The zero-order valence-corrected chi connectivity index (χ0v) is 20.0. The Morgan fingerprint density at radius 1 is 0.697 bits per heavy atom. The van der Waals surface area contributed by atoms with E-state index < -0.39 is 0 Å². The van der Waals surface area contributed by atoms with Crippen LogP contribution in [0.15, 0.2) is 65.2 Å². The van der Waals surface area contributed by atoms with Crippen LogP contribution < -0.4 is 0 Å². The second-order valence-electron chi connectivity index (χ2n) is 10.5. The SMILES string of the molecule is CC(C)(C)c1nc(-c2ccc3c(c2)oc2c(-c4ccccn4)cccc23)nc(C(C)(C)C)n1. The number of fused-ring (bicyclic) bond motifs is 3. The molecule has 33 heavy (non-hydrogen) atoms. The second-order valence-corrected chi connectivity index (χ2v) is 10.5. The Hall–Kier alpha value is -3.60. The largest absolute Gasteiger partial charge is 0.455 e. The summed E-state index contributed by atoms with van der Waals surface area (Å²) in [6.45, 7) is 12.8. The highest BCUT2D eigenvalue weighted by Crippen LogP contribution is 2.36. The molecule has 0 spiro atoms. The molecule has 3 aromatic heterocycles. The minimum atomic E-state index is -0.182. The Bertz CT molecular complexity index is 1440. The number of para-hydroxylation sites is 1. The maximum Gasteiger partial charge on any atom is 0.163 e. The number of nitrogens with zero attached hydrogens (tertiary/aromatic N) is 4. The van der Waals surface area contributed by atoms with E-state index >= 15 is 0 Å². The van der Waals surface area contributed by atoms with Crippen molar-refractivity contribution < 1.29 is 4.42 Å². The van der Waals surface area contributed by atoms with Gasteiger partial charge in [0.25, 0.3) is 0 Å². The summed E-state index contributed by atoms with van der Waals surface area (Å²) in [6.07, 6.45) is 1.80. The molecule has 5 rings (SSSR count). The van der Waals surface area contributed by atoms with Crippen molar-refractivity contribution in [3.05, 3.63) is 72.4 Å². The third kappa shape index (κ3) is 3.88. The standard InChI is InChI=1S/C28H28N4O/c1-27(2,3)25-30-24(31-26(32-25)28(4,5)6)17-13-14-18-19-10-9-11-20(21-12-7-8-15-29-21)23(19)33-22(18)16-17/h7-16H,1-6H3. The number of furan rings is 1. The zero-order valence-electron chi connectivity index (χ0n) is 20.0. The first kappa shape index (κ1) is 21.3. The van der Waals surface area contributed by atoms with Crippen molar-refractivity contribution in [3.8, 4) is 22.6 Å². The van der Waals surface area contributed by atoms with Gasteiger partial charge in [0.15, 0.2) is 5.82 Å². The Morgan fingerprint density at radius 2 is 1.42 bits per heavy atom. The van der Waals surface area contributed by atoms with E-state index in [9.17, 15) is 0 Å². The van der Waals surface area contributed by atoms with E-state index in [1.807, 2.05) is 36.4 Å². The van der Waals surface area contributed by atoms with Crippen molar-refractivity contribution in [2.75, 3.05) is 0 Å². The molecule has 0 aliphatic rings. The first-order valence-electron chi connectivity index (χ1n) is 11.3. The van der Waals surface area contributed by atoms with Crippen molar-refractivity contribution in [3.63, 3.8) is 0 Å². The molecular weight excluding hydrogens is 408 g/mol. The average molecular weight is 437 g/mol. The molecule has 0 saturated heterocycles. The quantitative estimate of drug-likeness (QED) is 0.295. The maximum atomic E-state index is 6.38. The first-order valence-corrected chi connectivity index (χ1v) is 11.3. The van der Waals surface area contributed by atoms with E-state index in [2.05, 4.69) is 64.7 Å². The summed E-state index contributed by atoms with van der Waals surface area (Å²) in [6, 6.07) is 18.3. The fourth-order valence-electron chi connectivity index (χ4n) is 3.84. The van der Waals surface area contributed by atoms with Crippen molar-refractivity contribution in [1.82, 2.24) is 19.9 Å². The Balaban J connectivity index is 1.70. The molecule has 5 aromatic rings. The number of pyridine rings is 1. The fourth-order valence-corrected chi connectivity index (χ4v) is 3.84. The molecule has 0 aliphatic carbocycles. The summed E-state index contributed by atoms with van der Waals surface area (Å²) in [5.74, 6) is 2.26. The molecule has 0 saturated carbocycles. The van der Waals surface area contributed by atoms with Crippen molar-refractivity contribution in [2.24, 2.45) is 0 Å². The molecule has 0 radical (unpaired) electrons. The molecule has 0 amide bonds. The van der Waals surface area contributed by atoms with E-state index in [-0.39, 0.29) is 10.8 Å². The van der Waals surface area contributed by atoms with Gasteiger partial charge in [0.1, 0.15) is 22.8 Å². The monoisotopic (exact) mass is 436 g/mol. The lowest BCUT2D eigenvalue weighted by Gasteiger charge is -2.22. The highest BCUT2D eigenvalue weighted by molar-refractivity contribution is 6.09. The number of hydrogen-bond donors (Lipinski definition) is 0. The van der Waals surface area contributed by atoms with Gasteiger partial charge in [-0.25, -0.2) is 15.0 Å². The second kappa shape index (κ2) is 7.48. The Labute approximate surface area is 194 Å². The predicted octanol–water partition coefficient (Wildman–Crippen LogP) is 7.10. The van der Waals surface area contributed by atoms with Crippen molar-refractivity contribution >= 4 is 21.9 Å². The van der Waals surface area contributed by atoms with Crippen LogP contribution in [0.4, 0.5) is 0 Å². The van der Waals surface area contributed by atoms with Crippen LogP contribution in [0.5, 0.6) is 0 Å². The van der Waals surface area contributed by atoms with Crippen LogP contribution in [0.1, 0.15) is 53.2 Å². The van der Waals surface area contributed by atoms with E-state index in [0.717, 1.165) is 50.4 Å². The predicted molar refractivity (Wildman–Crippen MR) is 133 cm³/mol. The molecular formula is C28H28N4O. The third-order valence-electron chi connectivity index (χ3n) is 5.67. The van der Waals surface area contributed by atoms with Crippen LogP contribution in [0.3, 0.4) is 0 Å². The maximum absolute atomic E-state index is 6.38. The van der Waals surface area contributed by atoms with Gasteiger partial charge in [0.05, 0.1) is 5.69 Å². The molecule has 166 valence electrons. The van der Waals surface area contributed by atoms with Crippen LogP contribution in [0.25, 0.3) is 44.6 Å². The van der Waals surface area contributed by atoms with E-state index in [1.54, 1.807) is 6.20 Å². The van der Waals surface area contributed by atoms with Gasteiger partial charge in [-0.15, -0.1) is 0 Å². The van der Waals surface area contributed by atoms with Gasteiger partial charge in [-0.3, -0.25) is 4.98 Å². The van der Waals surface area contributed by atoms with Gasteiger partial charge in [-0.05, 0) is 30.3 Å². The van der Waals surface area contributed by atoms with Crippen molar-refractivity contribution in [2.45, 2.75) is 52.4 Å². The molecule has 0 unspecified atom stereocenters.